The van der Waals surface area contributed by atoms with Crippen LogP contribution in [-0.2, 0) is 4.79 Å². The summed E-state index contributed by atoms with van der Waals surface area (Å²) in [5.74, 6) is 0.432. The van der Waals surface area contributed by atoms with Crippen LogP contribution in [-0.4, -0.2) is 22.4 Å². The largest absolute Gasteiger partial charge is 0.329 e. The average Bonchev–Trinajstić information content (AvgIpc) is 2.39. The van der Waals surface area contributed by atoms with Gasteiger partial charge in [-0.1, -0.05) is 26.7 Å². The zero-order valence-corrected chi connectivity index (χ0v) is 11.1. The Labute approximate surface area is 108 Å². The molecule has 1 aromatic heterocycles. The lowest BCUT2D eigenvalue weighted by atomic mass is 9.78. The Morgan fingerprint density at radius 2 is 2.00 bits per heavy atom. The van der Waals surface area contributed by atoms with Gasteiger partial charge in [0.15, 0.2) is 5.82 Å². The molecule has 0 bridgehead atoms. The molecule has 0 aromatic carbocycles. The quantitative estimate of drug-likeness (QED) is 0.775. The molecule has 0 aliphatic heterocycles. The summed E-state index contributed by atoms with van der Waals surface area (Å²) in [5, 5.41) is 2.81. The van der Waals surface area contributed by atoms with Gasteiger partial charge in [-0.05, 0) is 12.8 Å². The van der Waals surface area contributed by atoms with Gasteiger partial charge in [0.2, 0.25) is 5.91 Å². The van der Waals surface area contributed by atoms with Crippen LogP contribution < -0.4 is 11.1 Å². The first-order chi connectivity index (χ1) is 8.68. The fourth-order valence-electron chi connectivity index (χ4n) is 2.22. The molecule has 1 rings (SSSR count). The summed E-state index contributed by atoms with van der Waals surface area (Å²) in [6.07, 6.45) is 8.13. The minimum atomic E-state index is -0.485. The van der Waals surface area contributed by atoms with E-state index >= 15 is 0 Å². The van der Waals surface area contributed by atoms with Crippen LogP contribution in [0.15, 0.2) is 18.6 Å². The summed E-state index contributed by atoms with van der Waals surface area (Å²) < 4.78 is 0. The Bertz CT molecular complexity index is 361. The van der Waals surface area contributed by atoms with Crippen molar-refractivity contribution in [3.05, 3.63) is 18.6 Å². The summed E-state index contributed by atoms with van der Waals surface area (Å²) in [6.45, 7) is 4.49. The van der Waals surface area contributed by atoms with E-state index < -0.39 is 5.41 Å². The first-order valence-corrected chi connectivity index (χ1v) is 6.46. The molecule has 5 heteroatoms. The fraction of sp³-hybridized carbons (Fsp3) is 0.615. The molecule has 100 valence electrons. The van der Waals surface area contributed by atoms with Crippen LogP contribution in [0.2, 0.25) is 0 Å². The fourth-order valence-corrected chi connectivity index (χ4v) is 2.22. The Morgan fingerprint density at radius 3 is 2.44 bits per heavy atom. The van der Waals surface area contributed by atoms with Crippen molar-refractivity contribution in [2.75, 3.05) is 11.9 Å². The molecule has 1 amide bonds. The molecule has 1 heterocycles. The second-order valence-corrected chi connectivity index (χ2v) is 4.53. The summed E-state index contributed by atoms with van der Waals surface area (Å²) in [4.78, 5) is 20.4. The molecule has 0 saturated heterocycles. The van der Waals surface area contributed by atoms with E-state index in [0.717, 1.165) is 25.7 Å². The van der Waals surface area contributed by atoms with E-state index in [1.165, 1.54) is 6.20 Å². The number of rotatable bonds is 7. The maximum Gasteiger partial charge on any atom is 0.233 e. The number of aromatic nitrogens is 2. The Kier molecular flexibility index (Phi) is 5.71. The molecular weight excluding hydrogens is 228 g/mol. The Hall–Kier alpha value is -1.49. The number of nitrogens with zero attached hydrogens (tertiary/aromatic N) is 2. The summed E-state index contributed by atoms with van der Waals surface area (Å²) >= 11 is 0. The first kappa shape index (κ1) is 14.6. The lowest BCUT2D eigenvalue weighted by Gasteiger charge is -2.30. The molecule has 0 spiro atoms. The third-order valence-corrected chi connectivity index (χ3v) is 3.13. The monoisotopic (exact) mass is 250 g/mol. The van der Waals surface area contributed by atoms with Gasteiger partial charge in [0.1, 0.15) is 0 Å². The molecule has 0 aliphatic carbocycles. The number of anilines is 1. The van der Waals surface area contributed by atoms with Gasteiger partial charge in [-0.25, -0.2) is 4.98 Å². The predicted molar refractivity (Wildman–Crippen MR) is 72.0 cm³/mol. The molecule has 0 atom stereocenters. The smallest absolute Gasteiger partial charge is 0.233 e. The summed E-state index contributed by atoms with van der Waals surface area (Å²) in [5.41, 5.74) is 5.35. The van der Waals surface area contributed by atoms with Crippen LogP contribution in [0.4, 0.5) is 5.82 Å². The third-order valence-electron chi connectivity index (χ3n) is 3.13. The van der Waals surface area contributed by atoms with Crippen molar-refractivity contribution < 1.29 is 4.79 Å². The van der Waals surface area contributed by atoms with E-state index in [0.29, 0.717) is 12.4 Å². The van der Waals surface area contributed by atoms with E-state index in [9.17, 15) is 4.79 Å². The van der Waals surface area contributed by atoms with Gasteiger partial charge in [-0.3, -0.25) is 9.78 Å². The molecule has 0 radical (unpaired) electrons. The average molecular weight is 250 g/mol. The molecule has 5 nitrogen and oxygen atoms in total. The van der Waals surface area contributed by atoms with Crippen molar-refractivity contribution in [1.82, 2.24) is 9.97 Å². The van der Waals surface area contributed by atoms with Gasteiger partial charge in [-0.2, -0.15) is 0 Å². The molecule has 0 saturated carbocycles. The topological polar surface area (TPSA) is 80.9 Å². The number of hydrogen-bond donors (Lipinski definition) is 2. The normalized spacial score (nSPS) is 11.3. The number of amides is 1. The van der Waals surface area contributed by atoms with Crippen LogP contribution in [0, 0.1) is 5.41 Å². The molecule has 0 aliphatic rings. The SMILES string of the molecule is CCCC(CN)(CCC)C(=O)Nc1cnccn1. The predicted octanol–water partition coefficient (Wildman–Crippen LogP) is 1.96. The standard InChI is InChI=1S/C13H22N4O/c1-3-5-13(10-14,6-4-2)12(18)17-11-9-15-7-8-16-11/h7-9H,3-6,10,14H2,1-2H3,(H,16,17,18). The highest BCUT2D eigenvalue weighted by atomic mass is 16.2. The maximum atomic E-state index is 12.4. The minimum absolute atomic E-state index is 0.0470. The molecule has 3 N–H and O–H groups in total. The number of nitrogens with two attached hydrogens (primary N) is 1. The summed E-state index contributed by atoms with van der Waals surface area (Å²) in [6, 6.07) is 0. The van der Waals surface area contributed by atoms with Crippen molar-refractivity contribution >= 4 is 11.7 Å². The molecule has 0 fully saturated rings. The number of hydrogen-bond acceptors (Lipinski definition) is 4. The third kappa shape index (κ3) is 3.50. The minimum Gasteiger partial charge on any atom is -0.329 e. The highest BCUT2D eigenvalue weighted by Crippen LogP contribution is 2.30. The zero-order valence-electron chi connectivity index (χ0n) is 11.1. The first-order valence-electron chi connectivity index (χ1n) is 6.46. The van der Waals surface area contributed by atoms with Crippen molar-refractivity contribution in [2.24, 2.45) is 11.1 Å². The number of carbonyl (C=O) groups excluding carboxylic acids is 1. The molecule has 0 unspecified atom stereocenters. The highest BCUT2D eigenvalue weighted by molar-refractivity contribution is 5.94. The maximum absolute atomic E-state index is 12.4. The van der Waals surface area contributed by atoms with Crippen molar-refractivity contribution in [3.8, 4) is 0 Å². The van der Waals surface area contributed by atoms with Gasteiger partial charge in [-0.15, -0.1) is 0 Å². The van der Waals surface area contributed by atoms with E-state index in [1.807, 2.05) is 0 Å². The lowest BCUT2D eigenvalue weighted by Crippen LogP contribution is -2.42. The summed E-state index contributed by atoms with van der Waals surface area (Å²) in [7, 11) is 0. The van der Waals surface area contributed by atoms with Crippen LogP contribution in [0.5, 0.6) is 0 Å². The van der Waals surface area contributed by atoms with Gasteiger partial charge >= 0.3 is 0 Å². The van der Waals surface area contributed by atoms with Crippen LogP contribution in [0.1, 0.15) is 39.5 Å². The van der Waals surface area contributed by atoms with Crippen LogP contribution in [0.25, 0.3) is 0 Å². The van der Waals surface area contributed by atoms with Gasteiger partial charge in [0.25, 0.3) is 0 Å². The molecule has 1 aromatic rings. The second-order valence-electron chi connectivity index (χ2n) is 4.53. The van der Waals surface area contributed by atoms with Gasteiger partial charge in [0, 0.05) is 18.9 Å². The van der Waals surface area contributed by atoms with Gasteiger partial charge < -0.3 is 11.1 Å². The van der Waals surface area contributed by atoms with Crippen molar-refractivity contribution in [3.63, 3.8) is 0 Å². The molecular formula is C13H22N4O. The lowest BCUT2D eigenvalue weighted by molar-refractivity contribution is -0.126. The van der Waals surface area contributed by atoms with E-state index in [-0.39, 0.29) is 5.91 Å². The number of carbonyl (C=O) groups is 1. The van der Waals surface area contributed by atoms with Gasteiger partial charge in [0.05, 0.1) is 11.6 Å². The Balaban J connectivity index is 2.82. The van der Waals surface area contributed by atoms with Crippen molar-refractivity contribution in [2.45, 2.75) is 39.5 Å². The van der Waals surface area contributed by atoms with E-state index in [2.05, 4.69) is 29.1 Å². The van der Waals surface area contributed by atoms with E-state index in [1.54, 1.807) is 12.4 Å². The van der Waals surface area contributed by atoms with Crippen LogP contribution >= 0.6 is 0 Å². The zero-order chi connectivity index (χ0) is 13.4. The Morgan fingerprint density at radius 1 is 1.33 bits per heavy atom. The van der Waals surface area contributed by atoms with Crippen LogP contribution in [0.3, 0.4) is 0 Å². The second kappa shape index (κ2) is 7.06. The molecule has 18 heavy (non-hydrogen) atoms. The van der Waals surface area contributed by atoms with E-state index in [4.69, 9.17) is 5.73 Å². The highest BCUT2D eigenvalue weighted by Gasteiger charge is 2.35. The van der Waals surface area contributed by atoms with Crippen molar-refractivity contribution in [1.29, 1.82) is 0 Å². The number of nitrogens with one attached hydrogen (secondary N) is 1.